The van der Waals surface area contributed by atoms with Gasteiger partial charge in [-0.05, 0) is 27.7 Å². The SMILES string of the molecule is CCOCC.CCOCC. The molecule has 0 saturated carbocycles. The van der Waals surface area contributed by atoms with Gasteiger partial charge in [-0.15, -0.1) is 0 Å². The molecule has 0 aliphatic rings. The van der Waals surface area contributed by atoms with Gasteiger partial charge in [-0.25, -0.2) is 0 Å². The maximum Gasteiger partial charge on any atom is 0.0437 e. The summed E-state index contributed by atoms with van der Waals surface area (Å²) in [5.74, 6) is 0. The second-order valence-electron chi connectivity index (χ2n) is 1.56. The predicted octanol–water partition coefficient (Wildman–Crippen LogP) is 2.09. The summed E-state index contributed by atoms with van der Waals surface area (Å²) in [6, 6.07) is 0. The van der Waals surface area contributed by atoms with E-state index in [1.54, 1.807) is 0 Å². The van der Waals surface area contributed by atoms with Gasteiger partial charge >= 0.3 is 0 Å². The summed E-state index contributed by atoms with van der Waals surface area (Å²) in [6.07, 6.45) is 0. The third-order valence-electron chi connectivity index (χ3n) is 0.816. The summed E-state index contributed by atoms with van der Waals surface area (Å²) in [7, 11) is 0. The van der Waals surface area contributed by atoms with Crippen molar-refractivity contribution in [2.45, 2.75) is 27.7 Å². The summed E-state index contributed by atoms with van der Waals surface area (Å²) in [4.78, 5) is 0. The summed E-state index contributed by atoms with van der Waals surface area (Å²) in [5.41, 5.74) is 0. The summed E-state index contributed by atoms with van der Waals surface area (Å²) in [5, 5.41) is 0. The Morgan fingerprint density at radius 3 is 0.800 bits per heavy atom. The minimum atomic E-state index is 0.844. The lowest BCUT2D eigenvalue weighted by Gasteiger charge is -1.86. The largest absolute Gasteiger partial charge is 0.382 e. The molecule has 0 atom stereocenters. The van der Waals surface area contributed by atoms with E-state index in [4.69, 9.17) is 9.47 Å². The molecular weight excluding hydrogens is 128 g/mol. The normalized spacial score (nSPS) is 8.40. The number of hydrogen-bond acceptors (Lipinski definition) is 2. The van der Waals surface area contributed by atoms with E-state index < -0.39 is 0 Å². The zero-order chi connectivity index (χ0) is 8.24. The molecule has 0 aliphatic carbocycles. The van der Waals surface area contributed by atoms with Gasteiger partial charge in [-0.2, -0.15) is 0 Å². The molecule has 0 bridgehead atoms. The van der Waals surface area contributed by atoms with Crippen LogP contribution < -0.4 is 0 Å². The van der Waals surface area contributed by atoms with Crippen molar-refractivity contribution in [3.05, 3.63) is 0 Å². The zero-order valence-corrected chi connectivity index (χ0v) is 7.64. The van der Waals surface area contributed by atoms with Gasteiger partial charge < -0.3 is 9.47 Å². The van der Waals surface area contributed by atoms with Crippen LogP contribution in [0.3, 0.4) is 0 Å². The first-order valence-corrected chi connectivity index (χ1v) is 3.98. The highest BCUT2D eigenvalue weighted by atomic mass is 16.5. The fraction of sp³-hybridized carbons (Fsp3) is 1.00. The Kier molecular flexibility index (Phi) is 20.1. The number of rotatable bonds is 4. The lowest BCUT2D eigenvalue weighted by molar-refractivity contribution is 0.162. The van der Waals surface area contributed by atoms with Gasteiger partial charge in [0.1, 0.15) is 0 Å². The van der Waals surface area contributed by atoms with Crippen LogP contribution in [0.1, 0.15) is 27.7 Å². The lowest BCUT2D eigenvalue weighted by atomic mass is 10.8. The maximum atomic E-state index is 4.83. The first-order chi connectivity index (χ1) is 4.83. The Hall–Kier alpha value is -0.0800. The van der Waals surface area contributed by atoms with Crippen LogP contribution in [0.15, 0.2) is 0 Å². The van der Waals surface area contributed by atoms with E-state index in [0.717, 1.165) is 26.4 Å². The standard InChI is InChI=1S/2C4H10O/c2*1-3-5-4-2/h2*3-4H2,1-2H3. The van der Waals surface area contributed by atoms with Crippen LogP contribution in [0.2, 0.25) is 0 Å². The third kappa shape index (κ3) is 24.7. The number of ether oxygens (including phenoxy) is 2. The molecule has 0 fully saturated rings. The van der Waals surface area contributed by atoms with Crippen molar-refractivity contribution in [1.29, 1.82) is 0 Å². The molecule has 0 aromatic rings. The van der Waals surface area contributed by atoms with Gasteiger partial charge in [0.2, 0.25) is 0 Å². The molecule has 64 valence electrons. The highest BCUT2D eigenvalue weighted by Crippen LogP contribution is 1.64. The topological polar surface area (TPSA) is 18.5 Å². The molecule has 2 nitrogen and oxygen atoms in total. The van der Waals surface area contributed by atoms with Crippen LogP contribution in [0.4, 0.5) is 0 Å². The maximum absolute atomic E-state index is 4.83. The Morgan fingerprint density at radius 1 is 0.600 bits per heavy atom. The van der Waals surface area contributed by atoms with Gasteiger partial charge in [0.15, 0.2) is 0 Å². The number of hydrogen-bond donors (Lipinski definition) is 0. The molecule has 0 aromatic carbocycles. The van der Waals surface area contributed by atoms with Crippen LogP contribution in [-0.4, -0.2) is 26.4 Å². The predicted molar refractivity (Wildman–Crippen MR) is 44.3 cm³/mol. The molecule has 0 spiro atoms. The van der Waals surface area contributed by atoms with E-state index in [1.807, 2.05) is 27.7 Å². The zero-order valence-electron chi connectivity index (χ0n) is 7.64. The second kappa shape index (κ2) is 16.0. The summed E-state index contributed by atoms with van der Waals surface area (Å²) >= 11 is 0. The van der Waals surface area contributed by atoms with Gasteiger partial charge in [0, 0.05) is 26.4 Å². The quantitative estimate of drug-likeness (QED) is 0.607. The van der Waals surface area contributed by atoms with Crippen molar-refractivity contribution in [3.63, 3.8) is 0 Å². The van der Waals surface area contributed by atoms with Crippen molar-refractivity contribution in [3.8, 4) is 0 Å². The molecule has 10 heavy (non-hydrogen) atoms. The van der Waals surface area contributed by atoms with Gasteiger partial charge in [-0.3, -0.25) is 0 Å². The highest BCUT2D eigenvalue weighted by Gasteiger charge is 1.64. The van der Waals surface area contributed by atoms with Crippen molar-refractivity contribution >= 4 is 0 Å². The van der Waals surface area contributed by atoms with E-state index in [0.29, 0.717) is 0 Å². The second-order valence-corrected chi connectivity index (χ2v) is 1.56. The third-order valence-corrected chi connectivity index (χ3v) is 0.816. The molecule has 0 aliphatic heterocycles. The Bertz CT molecular complexity index is 28.2. The van der Waals surface area contributed by atoms with E-state index in [2.05, 4.69) is 0 Å². The lowest BCUT2D eigenvalue weighted by Crippen LogP contribution is -1.84. The van der Waals surface area contributed by atoms with Crippen molar-refractivity contribution in [2.24, 2.45) is 0 Å². The molecule has 0 rings (SSSR count). The van der Waals surface area contributed by atoms with Crippen molar-refractivity contribution < 1.29 is 9.47 Å². The van der Waals surface area contributed by atoms with Crippen LogP contribution in [0.5, 0.6) is 0 Å². The van der Waals surface area contributed by atoms with Crippen LogP contribution in [0.25, 0.3) is 0 Å². The molecule has 0 heterocycles. The molecule has 0 N–H and O–H groups in total. The minimum absolute atomic E-state index is 0.844. The van der Waals surface area contributed by atoms with E-state index >= 15 is 0 Å². The van der Waals surface area contributed by atoms with Crippen LogP contribution in [0, 0.1) is 0 Å². The molecule has 0 radical (unpaired) electrons. The van der Waals surface area contributed by atoms with Crippen molar-refractivity contribution in [1.82, 2.24) is 0 Å². The molecule has 0 aromatic heterocycles. The van der Waals surface area contributed by atoms with Crippen molar-refractivity contribution in [2.75, 3.05) is 26.4 Å². The van der Waals surface area contributed by atoms with Gasteiger partial charge in [0.05, 0.1) is 0 Å². The van der Waals surface area contributed by atoms with E-state index in [1.165, 1.54) is 0 Å². The Morgan fingerprint density at radius 2 is 0.800 bits per heavy atom. The fourth-order valence-electron chi connectivity index (χ4n) is 0.408. The summed E-state index contributed by atoms with van der Waals surface area (Å²) in [6.45, 7) is 11.3. The van der Waals surface area contributed by atoms with E-state index in [-0.39, 0.29) is 0 Å². The smallest absolute Gasteiger partial charge is 0.0437 e. The van der Waals surface area contributed by atoms with Crippen LogP contribution in [-0.2, 0) is 9.47 Å². The Labute approximate surface area is 64.5 Å². The minimum Gasteiger partial charge on any atom is -0.382 e. The Balaban J connectivity index is 0. The summed E-state index contributed by atoms with van der Waals surface area (Å²) < 4.78 is 9.67. The van der Waals surface area contributed by atoms with Crippen LogP contribution >= 0.6 is 0 Å². The van der Waals surface area contributed by atoms with Gasteiger partial charge in [0.25, 0.3) is 0 Å². The molecule has 0 amide bonds. The molecule has 0 saturated heterocycles. The fourth-order valence-corrected chi connectivity index (χ4v) is 0.408. The average molecular weight is 148 g/mol. The molecular formula is C8H20O2. The first-order valence-electron chi connectivity index (χ1n) is 3.98. The van der Waals surface area contributed by atoms with E-state index in [9.17, 15) is 0 Å². The monoisotopic (exact) mass is 148 g/mol. The first kappa shape index (κ1) is 12.6. The molecule has 2 heteroatoms. The van der Waals surface area contributed by atoms with Gasteiger partial charge in [-0.1, -0.05) is 0 Å². The highest BCUT2D eigenvalue weighted by molar-refractivity contribution is 4.07. The average Bonchev–Trinajstić information content (AvgIpc) is 1.93. The molecule has 0 unspecified atom stereocenters.